The molecule has 2 aromatic carbocycles. The van der Waals surface area contributed by atoms with Crippen LogP contribution in [0.5, 0.6) is 0 Å². The van der Waals surface area contributed by atoms with Gasteiger partial charge in [0.05, 0.1) is 17.7 Å². The van der Waals surface area contributed by atoms with Gasteiger partial charge in [0.2, 0.25) is 11.8 Å². The fourth-order valence-electron chi connectivity index (χ4n) is 2.42. The summed E-state index contributed by atoms with van der Waals surface area (Å²) in [4.78, 5) is 36.6. The minimum atomic E-state index is -0.933. The maximum absolute atomic E-state index is 12.3. The van der Waals surface area contributed by atoms with E-state index in [0.717, 1.165) is 4.47 Å². The minimum Gasteiger partial charge on any atom is -0.340 e. The number of para-hydroxylation sites is 1. The van der Waals surface area contributed by atoms with E-state index in [9.17, 15) is 14.4 Å². The van der Waals surface area contributed by atoms with E-state index >= 15 is 0 Å². The fraction of sp³-hybridized carbons (Fsp3) is 0.118. The molecule has 0 unspecified atom stereocenters. The number of fused-ring (bicyclic) bond motifs is 1. The Morgan fingerprint density at radius 2 is 1.92 bits per heavy atom. The van der Waals surface area contributed by atoms with Crippen molar-refractivity contribution < 1.29 is 14.4 Å². The Morgan fingerprint density at radius 3 is 2.71 bits per heavy atom. The second-order valence-corrected chi connectivity index (χ2v) is 6.24. The molecule has 7 heteroatoms. The number of halogens is 1. The molecule has 2 aromatic rings. The number of carbonyl (C=O) groups excluding carboxylic acids is 3. The summed E-state index contributed by atoms with van der Waals surface area (Å²) < 4.78 is 0.830. The predicted molar refractivity (Wildman–Crippen MR) is 93.7 cm³/mol. The van der Waals surface area contributed by atoms with Crippen LogP contribution < -0.4 is 16.0 Å². The number of hydrogen-bond acceptors (Lipinski definition) is 3. The van der Waals surface area contributed by atoms with E-state index in [-0.39, 0.29) is 18.2 Å². The van der Waals surface area contributed by atoms with Crippen molar-refractivity contribution in [2.24, 2.45) is 0 Å². The van der Waals surface area contributed by atoms with Crippen LogP contribution in [0.2, 0.25) is 0 Å². The number of benzene rings is 2. The Labute approximate surface area is 146 Å². The molecule has 0 fully saturated rings. The second-order valence-electron chi connectivity index (χ2n) is 5.32. The number of carbonyl (C=O) groups is 3. The molecule has 1 aliphatic heterocycles. The molecule has 0 aliphatic carbocycles. The van der Waals surface area contributed by atoms with Crippen molar-refractivity contribution in [3.8, 4) is 0 Å². The molecule has 0 bridgehead atoms. The van der Waals surface area contributed by atoms with Crippen LogP contribution in [0.4, 0.5) is 11.4 Å². The lowest BCUT2D eigenvalue weighted by molar-refractivity contribution is -0.122. The highest BCUT2D eigenvalue weighted by Gasteiger charge is 2.29. The van der Waals surface area contributed by atoms with E-state index in [1.807, 2.05) is 6.07 Å². The van der Waals surface area contributed by atoms with Crippen LogP contribution in [0.15, 0.2) is 53.0 Å². The Balaban J connectivity index is 1.70. The van der Waals surface area contributed by atoms with Gasteiger partial charge < -0.3 is 16.0 Å². The summed E-state index contributed by atoms with van der Waals surface area (Å²) >= 11 is 3.32. The molecule has 0 saturated carbocycles. The summed E-state index contributed by atoms with van der Waals surface area (Å²) in [7, 11) is 0. The molecule has 0 radical (unpaired) electrons. The van der Waals surface area contributed by atoms with E-state index in [4.69, 9.17) is 0 Å². The van der Waals surface area contributed by atoms with Gasteiger partial charge in [-0.05, 0) is 30.3 Å². The maximum Gasteiger partial charge on any atom is 0.254 e. The van der Waals surface area contributed by atoms with Crippen molar-refractivity contribution in [1.82, 2.24) is 5.32 Å². The van der Waals surface area contributed by atoms with Gasteiger partial charge in [-0.3, -0.25) is 14.4 Å². The van der Waals surface area contributed by atoms with Crippen LogP contribution in [-0.4, -0.2) is 23.8 Å². The van der Waals surface area contributed by atoms with Gasteiger partial charge in [-0.25, -0.2) is 0 Å². The Bertz CT molecular complexity index is 822. The third-order valence-electron chi connectivity index (χ3n) is 3.55. The fourth-order valence-corrected chi connectivity index (χ4v) is 2.82. The van der Waals surface area contributed by atoms with Gasteiger partial charge in [-0.1, -0.05) is 34.1 Å². The highest BCUT2D eigenvalue weighted by Crippen LogP contribution is 2.19. The van der Waals surface area contributed by atoms with Gasteiger partial charge >= 0.3 is 0 Å². The molecule has 1 atom stereocenters. The van der Waals surface area contributed by atoms with E-state index in [0.29, 0.717) is 16.9 Å². The van der Waals surface area contributed by atoms with Gasteiger partial charge in [0, 0.05) is 10.2 Å². The Kier molecular flexibility index (Phi) is 4.61. The summed E-state index contributed by atoms with van der Waals surface area (Å²) in [6.07, 6.45) is -0.155. The molecule has 3 N–H and O–H groups in total. The Hall–Kier alpha value is -2.67. The molecule has 0 spiro atoms. The number of anilines is 2. The average molecular weight is 388 g/mol. The zero-order valence-electron chi connectivity index (χ0n) is 12.5. The number of rotatable bonds is 3. The first-order chi connectivity index (χ1) is 11.5. The van der Waals surface area contributed by atoms with E-state index in [1.165, 1.54) is 0 Å². The van der Waals surface area contributed by atoms with Crippen molar-refractivity contribution in [3.05, 3.63) is 58.6 Å². The smallest absolute Gasteiger partial charge is 0.254 e. The zero-order chi connectivity index (χ0) is 17.1. The van der Waals surface area contributed by atoms with Crippen molar-refractivity contribution in [1.29, 1.82) is 0 Å². The standard InChI is InChI=1S/C17H14BrN3O3/c18-10-4-3-5-11(8-10)19-15(22)9-14-17(24)20-13-7-2-1-6-12(13)16(23)21-14/h1-8,14H,9H2,(H,19,22)(H,20,24)(H,21,23)/t14-/m0/s1. The predicted octanol–water partition coefficient (Wildman–Crippen LogP) is 2.53. The van der Waals surface area contributed by atoms with Crippen LogP contribution in [0, 0.1) is 0 Å². The maximum atomic E-state index is 12.3. The van der Waals surface area contributed by atoms with Gasteiger partial charge in [-0.15, -0.1) is 0 Å². The van der Waals surface area contributed by atoms with Crippen LogP contribution >= 0.6 is 15.9 Å². The Morgan fingerprint density at radius 1 is 1.12 bits per heavy atom. The molecule has 24 heavy (non-hydrogen) atoms. The monoisotopic (exact) mass is 387 g/mol. The summed E-state index contributed by atoms with van der Waals surface area (Å²) in [5, 5.41) is 7.97. The molecule has 122 valence electrons. The quantitative estimate of drug-likeness (QED) is 0.755. The first kappa shape index (κ1) is 16.2. The first-order valence-corrected chi connectivity index (χ1v) is 8.08. The molecular weight excluding hydrogens is 374 g/mol. The molecule has 1 aliphatic rings. The molecule has 6 nitrogen and oxygen atoms in total. The third-order valence-corrected chi connectivity index (χ3v) is 4.04. The van der Waals surface area contributed by atoms with Crippen LogP contribution in [0.25, 0.3) is 0 Å². The van der Waals surface area contributed by atoms with Gasteiger partial charge in [0.15, 0.2) is 0 Å². The number of amides is 3. The lowest BCUT2D eigenvalue weighted by Crippen LogP contribution is -2.43. The largest absolute Gasteiger partial charge is 0.340 e. The zero-order valence-corrected chi connectivity index (χ0v) is 14.1. The first-order valence-electron chi connectivity index (χ1n) is 7.29. The molecule has 0 aromatic heterocycles. The lowest BCUT2D eigenvalue weighted by atomic mass is 10.1. The highest BCUT2D eigenvalue weighted by atomic mass is 79.9. The van der Waals surface area contributed by atoms with Gasteiger partial charge in [0.25, 0.3) is 5.91 Å². The third kappa shape index (κ3) is 3.62. The minimum absolute atomic E-state index is 0.155. The molecule has 3 rings (SSSR count). The second kappa shape index (κ2) is 6.84. The van der Waals surface area contributed by atoms with Gasteiger partial charge in [0.1, 0.15) is 6.04 Å². The van der Waals surface area contributed by atoms with E-state index in [1.54, 1.807) is 42.5 Å². The highest BCUT2D eigenvalue weighted by molar-refractivity contribution is 9.10. The van der Waals surface area contributed by atoms with Crippen LogP contribution in [0.3, 0.4) is 0 Å². The molecule has 0 saturated heterocycles. The summed E-state index contributed by atoms with van der Waals surface area (Å²) in [5.74, 6) is -1.17. The van der Waals surface area contributed by atoms with Gasteiger partial charge in [-0.2, -0.15) is 0 Å². The number of hydrogen-bond donors (Lipinski definition) is 3. The summed E-state index contributed by atoms with van der Waals surface area (Å²) in [5.41, 5.74) is 1.42. The topological polar surface area (TPSA) is 87.3 Å². The van der Waals surface area contributed by atoms with Crippen molar-refractivity contribution in [2.45, 2.75) is 12.5 Å². The summed E-state index contributed by atoms with van der Waals surface area (Å²) in [6.45, 7) is 0. The van der Waals surface area contributed by atoms with Crippen molar-refractivity contribution in [3.63, 3.8) is 0 Å². The summed E-state index contributed by atoms with van der Waals surface area (Å²) in [6, 6.07) is 12.9. The molecule has 3 amide bonds. The SMILES string of the molecule is O=C(C[C@@H]1NC(=O)c2ccccc2NC1=O)Nc1cccc(Br)c1. The normalized spacial score (nSPS) is 16.5. The number of nitrogens with one attached hydrogen (secondary N) is 3. The van der Waals surface area contributed by atoms with E-state index in [2.05, 4.69) is 31.9 Å². The van der Waals surface area contributed by atoms with Crippen LogP contribution in [-0.2, 0) is 9.59 Å². The lowest BCUT2D eigenvalue weighted by Gasteiger charge is -2.14. The van der Waals surface area contributed by atoms with Crippen molar-refractivity contribution >= 4 is 45.0 Å². The van der Waals surface area contributed by atoms with E-state index < -0.39 is 11.9 Å². The molecule has 1 heterocycles. The molecular formula is C17H14BrN3O3. The average Bonchev–Trinajstić information content (AvgIpc) is 2.65. The van der Waals surface area contributed by atoms with Crippen molar-refractivity contribution in [2.75, 3.05) is 10.6 Å². The van der Waals surface area contributed by atoms with Crippen LogP contribution in [0.1, 0.15) is 16.8 Å².